The van der Waals surface area contributed by atoms with Crippen LogP contribution < -0.4 is 0 Å². The fraction of sp³-hybridized carbons (Fsp3) is 0.136. The standard InChI is InChI=1S/C22H19BrN2OS/c1-24(14-16-8-4-2-5-9-16)22(26)19-12-20-18(13-21(23)27-20)25(19)15-17-10-6-3-7-11-17/h2-13H,14-15H2,1H3. The average molecular weight is 439 g/mol. The van der Waals surface area contributed by atoms with E-state index in [1.54, 1.807) is 16.2 Å². The zero-order valence-corrected chi connectivity index (χ0v) is 17.3. The second-order valence-electron chi connectivity index (χ2n) is 6.55. The molecular formula is C22H19BrN2OS. The Morgan fingerprint density at radius 3 is 2.30 bits per heavy atom. The van der Waals surface area contributed by atoms with Crippen LogP contribution in [0, 0.1) is 0 Å². The van der Waals surface area contributed by atoms with Gasteiger partial charge in [-0.3, -0.25) is 4.79 Å². The molecule has 2 aromatic heterocycles. The van der Waals surface area contributed by atoms with Crippen molar-refractivity contribution in [3.05, 3.63) is 93.4 Å². The van der Waals surface area contributed by atoms with E-state index in [4.69, 9.17) is 0 Å². The van der Waals surface area contributed by atoms with Crippen LogP contribution in [0.25, 0.3) is 10.2 Å². The molecule has 0 saturated heterocycles. The minimum Gasteiger partial charge on any atom is -0.336 e. The number of carbonyl (C=O) groups excluding carboxylic acids is 1. The number of halogens is 1. The summed E-state index contributed by atoms with van der Waals surface area (Å²) in [5, 5.41) is 0. The highest BCUT2D eigenvalue weighted by Gasteiger charge is 2.21. The topological polar surface area (TPSA) is 25.2 Å². The predicted molar refractivity (Wildman–Crippen MR) is 115 cm³/mol. The highest BCUT2D eigenvalue weighted by Crippen LogP contribution is 2.33. The van der Waals surface area contributed by atoms with E-state index in [1.807, 2.05) is 61.6 Å². The van der Waals surface area contributed by atoms with Crippen molar-refractivity contribution in [3.63, 3.8) is 0 Å². The molecule has 0 saturated carbocycles. The van der Waals surface area contributed by atoms with Gasteiger partial charge in [0, 0.05) is 20.1 Å². The van der Waals surface area contributed by atoms with Gasteiger partial charge >= 0.3 is 0 Å². The number of benzene rings is 2. The SMILES string of the molecule is CN(Cc1ccccc1)C(=O)c1cc2sc(Br)cc2n1Cc1ccccc1. The molecule has 2 heterocycles. The fourth-order valence-electron chi connectivity index (χ4n) is 3.25. The number of hydrogen-bond acceptors (Lipinski definition) is 2. The minimum atomic E-state index is 0.0364. The van der Waals surface area contributed by atoms with Gasteiger partial charge in [0.2, 0.25) is 0 Å². The number of nitrogens with zero attached hydrogens (tertiary/aromatic N) is 2. The first-order valence-corrected chi connectivity index (χ1v) is 10.3. The highest BCUT2D eigenvalue weighted by molar-refractivity contribution is 9.11. The van der Waals surface area contributed by atoms with Gasteiger partial charge in [-0.25, -0.2) is 0 Å². The van der Waals surface area contributed by atoms with Crippen LogP contribution in [0.5, 0.6) is 0 Å². The first-order chi connectivity index (χ1) is 13.1. The quantitative estimate of drug-likeness (QED) is 0.387. The zero-order chi connectivity index (χ0) is 18.8. The van der Waals surface area contributed by atoms with E-state index in [1.165, 1.54) is 5.56 Å². The average Bonchev–Trinajstić information content (AvgIpc) is 3.20. The first-order valence-electron chi connectivity index (χ1n) is 8.74. The zero-order valence-electron chi connectivity index (χ0n) is 14.9. The molecule has 4 aromatic rings. The van der Waals surface area contributed by atoms with Gasteiger partial charge in [-0.05, 0) is 39.2 Å². The molecule has 136 valence electrons. The van der Waals surface area contributed by atoms with E-state index in [-0.39, 0.29) is 5.91 Å². The molecule has 4 rings (SSSR count). The Kier molecular flexibility index (Phi) is 5.14. The Balaban J connectivity index is 1.68. The van der Waals surface area contributed by atoms with Crippen molar-refractivity contribution >= 4 is 43.4 Å². The molecule has 0 spiro atoms. The van der Waals surface area contributed by atoms with E-state index in [0.717, 1.165) is 25.3 Å². The second kappa shape index (κ2) is 7.71. The number of aromatic nitrogens is 1. The van der Waals surface area contributed by atoms with Crippen LogP contribution >= 0.6 is 27.3 Å². The monoisotopic (exact) mass is 438 g/mol. The molecule has 5 heteroatoms. The third kappa shape index (κ3) is 3.84. The van der Waals surface area contributed by atoms with Gasteiger partial charge in [0.25, 0.3) is 5.91 Å². The normalized spacial score (nSPS) is 11.0. The van der Waals surface area contributed by atoms with Crippen LogP contribution in [0.3, 0.4) is 0 Å². The molecule has 0 bridgehead atoms. The summed E-state index contributed by atoms with van der Waals surface area (Å²) >= 11 is 5.22. The van der Waals surface area contributed by atoms with Crippen molar-refractivity contribution in [2.45, 2.75) is 13.1 Å². The Hall–Kier alpha value is -2.37. The highest BCUT2D eigenvalue weighted by atomic mass is 79.9. The summed E-state index contributed by atoms with van der Waals surface area (Å²) in [4.78, 5) is 15.0. The van der Waals surface area contributed by atoms with Crippen molar-refractivity contribution in [2.75, 3.05) is 7.05 Å². The summed E-state index contributed by atoms with van der Waals surface area (Å²) in [5.74, 6) is 0.0364. The van der Waals surface area contributed by atoms with Crippen molar-refractivity contribution in [1.29, 1.82) is 0 Å². The molecule has 0 aliphatic rings. The van der Waals surface area contributed by atoms with Gasteiger partial charge in [-0.15, -0.1) is 11.3 Å². The van der Waals surface area contributed by atoms with Gasteiger partial charge in [0.05, 0.1) is 14.0 Å². The summed E-state index contributed by atoms with van der Waals surface area (Å²) in [6.07, 6.45) is 0. The van der Waals surface area contributed by atoms with Crippen LogP contribution in [-0.2, 0) is 13.1 Å². The molecule has 3 nitrogen and oxygen atoms in total. The van der Waals surface area contributed by atoms with Crippen LogP contribution in [0.1, 0.15) is 21.6 Å². The minimum absolute atomic E-state index is 0.0364. The van der Waals surface area contributed by atoms with Crippen molar-refractivity contribution in [2.24, 2.45) is 0 Å². The molecule has 0 radical (unpaired) electrons. The molecule has 27 heavy (non-hydrogen) atoms. The molecule has 0 atom stereocenters. The van der Waals surface area contributed by atoms with Crippen molar-refractivity contribution in [3.8, 4) is 0 Å². The third-order valence-corrected chi connectivity index (χ3v) is 6.15. The predicted octanol–water partition coefficient (Wildman–Crippen LogP) is 5.79. The smallest absolute Gasteiger partial charge is 0.270 e. The van der Waals surface area contributed by atoms with Gasteiger partial charge in [-0.1, -0.05) is 60.7 Å². The Morgan fingerprint density at radius 2 is 1.63 bits per heavy atom. The van der Waals surface area contributed by atoms with Gasteiger partial charge < -0.3 is 9.47 Å². The summed E-state index contributed by atoms with van der Waals surface area (Å²) in [5.41, 5.74) is 4.12. The number of amides is 1. The fourth-order valence-corrected chi connectivity index (χ4v) is 4.81. The van der Waals surface area contributed by atoms with Crippen LogP contribution in [0.4, 0.5) is 0 Å². The largest absolute Gasteiger partial charge is 0.336 e. The van der Waals surface area contributed by atoms with Gasteiger partial charge in [0.1, 0.15) is 5.69 Å². The molecule has 1 amide bonds. The molecule has 0 fully saturated rings. The summed E-state index contributed by atoms with van der Waals surface area (Å²) in [6.45, 7) is 1.27. The van der Waals surface area contributed by atoms with E-state index >= 15 is 0 Å². The van der Waals surface area contributed by atoms with Crippen LogP contribution in [0.15, 0.2) is 76.6 Å². The van der Waals surface area contributed by atoms with E-state index < -0.39 is 0 Å². The summed E-state index contributed by atoms with van der Waals surface area (Å²) < 4.78 is 4.32. The van der Waals surface area contributed by atoms with Gasteiger partial charge in [-0.2, -0.15) is 0 Å². The molecular weight excluding hydrogens is 420 g/mol. The van der Waals surface area contributed by atoms with Crippen LogP contribution in [0.2, 0.25) is 0 Å². The van der Waals surface area contributed by atoms with E-state index in [2.05, 4.69) is 38.7 Å². The van der Waals surface area contributed by atoms with Crippen molar-refractivity contribution in [1.82, 2.24) is 9.47 Å². The Bertz CT molecular complexity index is 1070. The molecule has 0 N–H and O–H groups in total. The Labute approximate surface area is 171 Å². The molecule has 2 aromatic carbocycles. The lowest BCUT2D eigenvalue weighted by molar-refractivity contribution is 0.0775. The summed E-state index contributed by atoms with van der Waals surface area (Å²) in [6, 6.07) is 24.4. The second-order valence-corrected chi connectivity index (χ2v) is 9.01. The maximum absolute atomic E-state index is 13.2. The lowest BCUT2D eigenvalue weighted by Crippen LogP contribution is -2.28. The Morgan fingerprint density at radius 1 is 1.00 bits per heavy atom. The van der Waals surface area contributed by atoms with E-state index in [0.29, 0.717) is 13.1 Å². The van der Waals surface area contributed by atoms with Crippen LogP contribution in [-0.4, -0.2) is 22.4 Å². The van der Waals surface area contributed by atoms with Gasteiger partial charge in [0.15, 0.2) is 0 Å². The number of fused-ring (bicyclic) bond motifs is 1. The number of thiophene rings is 1. The number of carbonyl (C=O) groups is 1. The van der Waals surface area contributed by atoms with E-state index in [9.17, 15) is 4.79 Å². The lowest BCUT2D eigenvalue weighted by Gasteiger charge is -2.19. The summed E-state index contributed by atoms with van der Waals surface area (Å²) in [7, 11) is 1.86. The van der Waals surface area contributed by atoms with Crippen molar-refractivity contribution < 1.29 is 4.79 Å². The number of rotatable bonds is 5. The molecule has 0 aliphatic carbocycles. The first kappa shape index (κ1) is 18.0. The maximum Gasteiger partial charge on any atom is 0.270 e. The molecule has 0 aliphatic heterocycles. The number of hydrogen-bond donors (Lipinski definition) is 0. The lowest BCUT2D eigenvalue weighted by atomic mass is 10.2. The molecule has 0 unspecified atom stereocenters. The maximum atomic E-state index is 13.2. The third-order valence-electron chi connectivity index (χ3n) is 4.57.